The van der Waals surface area contributed by atoms with E-state index in [1.54, 1.807) is 0 Å². The molecule has 0 bridgehead atoms. The lowest BCUT2D eigenvalue weighted by Crippen LogP contribution is -2.31. The van der Waals surface area contributed by atoms with Crippen LogP contribution in [0, 0.1) is 0 Å². The van der Waals surface area contributed by atoms with Crippen LogP contribution in [-0.4, -0.2) is 16.1 Å². The largest absolute Gasteiger partial charge is 0.0992 e. The second-order valence-electron chi connectivity index (χ2n) is 8.57. The first kappa shape index (κ1) is 18.9. The van der Waals surface area contributed by atoms with E-state index in [0.29, 0.717) is 11.1 Å². The maximum absolute atomic E-state index is 4.48. The standard InChI is InChI=1S/C24H30Si2/c1-20(26(4,5)24-12-8-9-13-24)22-16-14-21(15-17-22)18-19-25(2,3)23-10-6-7-11-23/h6-19,23-24H,1H2,2-5H3/b19-18+. The van der Waals surface area contributed by atoms with Gasteiger partial charge in [-0.3, -0.25) is 0 Å². The fraction of sp³-hybridized carbons (Fsp3) is 0.250. The first-order valence-electron chi connectivity index (χ1n) is 9.50. The van der Waals surface area contributed by atoms with Crippen molar-refractivity contribution in [3.63, 3.8) is 0 Å². The summed E-state index contributed by atoms with van der Waals surface area (Å²) in [7, 11) is -3.01. The lowest BCUT2D eigenvalue weighted by molar-refractivity contribution is 1.31. The highest BCUT2D eigenvalue weighted by molar-refractivity contribution is 6.96. The highest BCUT2D eigenvalue weighted by atomic mass is 28.3. The molecule has 0 saturated carbocycles. The summed E-state index contributed by atoms with van der Waals surface area (Å²) in [5.74, 6) is 0. The normalized spacial score (nSPS) is 17.8. The summed E-state index contributed by atoms with van der Waals surface area (Å²) in [6.45, 7) is 14.2. The lowest BCUT2D eigenvalue weighted by atomic mass is 10.1. The van der Waals surface area contributed by atoms with E-state index in [4.69, 9.17) is 0 Å². The lowest BCUT2D eigenvalue weighted by Gasteiger charge is -2.30. The third kappa shape index (κ3) is 3.92. The topological polar surface area (TPSA) is 0 Å². The number of rotatable bonds is 6. The van der Waals surface area contributed by atoms with Gasteiger partial charge in [-0.2, -0.15) is 0 Å². The summed E-state index contributed by atoms with van der Waals surface area (Å²) in [5.41, 5.74) is 6.23. The molecular weight excluding hydrogens is 344 g/mol. The van der Waals surface area contributed by atoms with Gasteiger partial charge in [0.25, 0.3) is 0 Å². The minimum Gasteiger partial charge on any atom is -0.0992 e. The molecule has 0 spiro atoms. The molecule has 0 atom stereocenters. The molecular formula is C24H30Si2. The number of hydrogen-bond acceptors (Lipinski definition) is 0. The molecule has 0 nitrogen and oxygen atoms in total. The van der Waals surface area contributed by atoms with Gasteiger partial charge in [0, 0.05) is 0 Å². The smallest absolute Gasteiger partial charge is 0.0911 e. The van der Waals surface area contributed by atoms with Crippen LogP contribution >= 0.6 is 0 Å². The molecule has 1 aromatic carbocycles. The minimum absolute atomic E-state index is 0.564. The van der Waals surface area contributed by atoms with E-state index in [1.165, 1.54) is 16.3 Å². The Balaban J connectivity index is 1.72. The second kappa shape index (κ2) is 7.38. The maximum atomic E-state index is 4.48. The first-order chi connectivity index (χ1) is 12.3. The number of allylic oxidation sites excluding steroid dienone is 8. The van der Waals surface area contributed by atoms with Crippen LogP contribution in [0.2, 0.25) is 37.3 Å². The van der Waals surface area contributed by atoms with E-state index in [9.17, 15) is 0 Å². The third-order valence-electron chi connectivity index (χ3n) is 5.93. The SMILES string of the molecule is C=C(c1ccc(/C=C/[Si](C)(C)C2C=CC=C2)cc1)[Si](C)(C)C1C=CC=C1. The van der Waals surface area contributed by atoms with Gasteiger partial charge in [-0.25, -0.2) is 0 Å². The van der Waals surface area contributed by atoms with Crippen LogP contribution in [0.5, 0.6) is 0 Å². The molecule has 2 heteroatoms. The zero-order valence-electron chi connectivity index (χ0n) is 16.4. The second-order valence-corrected chi connectivity index (χ2v) is 17.9. The van der Waals surface area contributed by atoms with Gasteiger partial charge >= 0.3 is 0 Å². The van der Waals surface area contributed by atoms with Crippen molar-refractivity contribution in [1.82, 2.24) is 0 Å². The van der Waals surface area contributed by atoms with Crippen molar-refractivity contribution in [2.75, 3.05) is 0 Å². The van der Waals surface area contributed by atoms with Gasteiger partial charge in [0.1, 0.15) is 0 Å². The van der Waals surface area contributed by atoms with Gasteiger partial charge in [-0.1, -0.05) is 123 Å². The van der Waals surface area contributed by atoms with E-state index in [-0.39, 0.29) is 0 Å². The van der Waals surface area contributed by atoms with Gasteiger partial charge in [-0.15, -0.1) is 0 Å². The Labute approximate surface area is 161 Å². The fourth-order valence-corrected chi connectivity index (χ4v) is 8.19. The molecule has 0 aliphatic heterocycles. The summed E-state index contributed by atoms with van der Waals surface area (Å²) in [6.07, 6.45) is 20.3. The molecule has 1 aromatic rings. The summed E-state index contributed by atoms with van der Waals surface area (Å²) in [5, 5.41) is 1.34. The summed E-state index contributed by atoms with van der Waals surface area (Å²) in [6, 6.07) is 8.99. The van der Waals surface area contributed by atoms with Crippen molar-refractivity contribution in [3.05, 3.63) is 96.3 Å². The Morgan fingerprint density at radius 1 is 0.808 bits per heavy atom. The van der Waals surface area contributed by atoms with Crippen molar-refractivity contribution in [3.8, 4) is 0 Å². The zero-order chi connectivity index (χ0) is 18.8. The molecule has 26 heavy (non-hydrogen) atoms. The van der Waals surface area contributed by atoms with Gasteiger partial charge < -0.3 is 0 Å². The fourth-order valence-electron chi connectivity index (χ4n) is 3.63. The molecule has 0 heterocycles. The predicted octanol–water partition coefficient (Wildman–Crippen LogP) is 7.20. The molecule has 0 N–H and O–H groups in total. The van der Waals surface area contributed by atoms with Crippen LogP contribution in [0.25, 0.3) is 11.3 Å². The van der Waals surface area contributed by atoms with Gasteiger partial charge in [0.15, 0.2) is 0 Å². The highest BCUT2D eigenvalue weighted by Gasteiger charge is 2.33. The van der Waals surface area contributed by atoms with Crippen molar-refractivity contribution in [1.29, 1.82) is 0 Å². The number of hydrogen-bond donors (Lipinski definition) is 0. The number of benzene rings is 1. The summed E-state index contributed by atoms with van der Waals surface area (Å²) < 4.78 is 0. The van der Waals surface area contributed by atoms with Crippen molar-refractivity contribution in [2.24, 2.45) is 0 Å². The van der Waals surface area contributed by atoms with E-state index < -0.39 is 16.1 Å². The Hall–Kier alpha value is -1.91. The molecule has 0 fully saturated rings. The van der Waals surface area contributed by atoms with Gasteiger partial charge in [0.05, 0.1) is 16.1 Å². The minimum atomic E-state index is -1.59. The van der Waals surface area contributed by atoms with Crippen molar-refractivity contribution < 1.29 is 0 Å². The monoisotopic (exact) mass is 374 g/mol. The molecule has 2 aliphatic carbocycles. The van der Waals surface area contributed by atoms with Crippen LogP contribution in [0.15, 0.2) is 85.2 Å². The molecule has 0 radical (unpaired) electrons. The highest BCUT2D eigenvalue weighted by Crippen LogP contribution is 2.37. The molecule has 2 aliphatic rings. The predicted molar refractivity (Wildman–Crippen MR) is 124 cm³/mol. The van der Waals surface area contributed by atoms with Crippen LogP contribution in [0.4, 0.5) is 0 Å². The average Bonchev–Trinajstić information content (AvgIpc) is 3.33. The Bertz CT molecular complexity index is 790. The zero-order valence-corrected chi connectivity index (χ0v) is 18.4. The molecule has 134 valence electrons. The maximum Gasteiger partial charge on any atom is 0.0911 e. The van der Waals surface area contributed by atoms with Crippen LogP contribution in [-0.2, 0) is 0 Å². The van der Waals surface area contributed by atoms with Crippen molar-refractivity contribution >= 4 is 27.4 Å². The molecule has 0 aromatic heterocycles. The molecule has 0 saturated heterocycles. The summed E-state index contributed by atoms with van der Waals surface area (Å²) >= 11 is 0. The van der Waals surface area contributed by atoms with Gasteiger partial charge in [0.2, 0.25) is 0 Å². The van der Waals surface area contributed by atoms with Crippen LogP contribution in [0.1, 0.15) is 11.1 Å². The van der Waals surface area contributed by atoms with Crippen LogP contribution in [0.3, 0.4) is 0 Å². The Kier molecular flexibility index (Phi) is 5.35. The molecule has 0 amide bonds. The molecule has 3 rings (SSSR count). The van der Waals surface area contributed by atoms with E-state index in [1.807, 2.05) is 0 Å². The van der Waals surface area contributed by atoms with Crippen molar-refractivity contribution in [2.45, 2.75) is 37.3 Å². The average molecular weight is 375 g/mol. The quantitative estimate of drug-likeness (QED) is 0.462. The first-order valence-corrected chi connectivity index (χ1v) is 15.7. The van der Waals surface area contributed by atoms with E-state index >= 15 is 0 Å². The van der Waals surface area contributed by atoms with Crippen LogP contribution < -0.4 is 0 Å². The Morgan fingerprint density at radius 3 is 1.85 bits per heavy atom. The van der Waals surface area contributed by atoms with E-state index in [0.717, 1.165) is 0 Å². The summed E-state index contributed by atoms with van der Waals surface area (Å²) in [4.78, 5) is 0. The molecule has 0 unspecified atom stereocenters. The Morgan fingerprint density at radius 2 is 1.31 bits per heavy atom. The third-order valence-corrected chi connectivity index (χ3v) is 13.0. The van der Waals surface area contributed by atoms with E-state index in [2.05, 4.69) is 117 Å². The van der Waals surface area contributed by atoms with Gasteiger partial charge in [-0.05, 0) is 22.2 Å².